The van der Waals surface area contributed by atoms with Crippen LogP contribution in [0.2, 0.25) is 0 Å². The highest BCUT2D eigenvalue weighted by Crippen LogP contribution is 2.36. The van der Waals surface area contributed by atoms with Crippen molar-refractivity contribution in [2.45, 2.75) is 78.2 Å². The molecule has 0 bridgehead atoms. The summed E-state index contributed by atoms with van der Waals surface area (Å²) in [4.78, 5) is 11.7. The van der Waals surface area contributed by atoms with Crippen molar-refractivity contribution in [1.82, 2.24) is 0 Å². The predicted octanol–water partition coefficient (Wildman–Crippen LogP) is 5.68. The topological polar surface area (TPSA) is 76.0 Å². The molecule has 0 radical (unpaired) electrons. The largest absolute Gasteiger partial charge is 0.478 e. The number of alkyl halides is 3. The fraction of sp³-hybridized carbons (Fsp3) is 0.560. The van der Waals surface area contributed by atoms with Crippen LogP contribution in [0.4, 0.5) is 13.2 Å². The maximum absolute atomic E-state index is 13.2. The maximum Gasteiger partial charge on any atom is 0.397 e. The maximum atomic E-state index is 13.2. The number of rotatable bonds is 8. The van der Waals surface area contributed by atoms with E-state index in [9.17, 15) is 28.2 Å². The Kier molecular flexibility index (Phi) is 8.54. The van der Waals surface area contributed by atoms with Gasteiger partial charge in [-0.15, -0.1) is 0 Å². The zero-order valence-electron chi connectivity index (χ0n) is 19.8. The van der Waals surface area contributed by atoms with Crippen molar-refractivity contribution in [3.8, 4) is 0 Å². The van der Waals surface area contributed by atoms with Gasteiger partial charge in [0.05, 0.1) is 29.8 Å². The van der Waals surface area contributed by atoms with Gasteiger partial charge >= 0.3 is 12.1 Å². The number of aromatic carboxylic acids is 1. The van der Waals surface area contributed by atoms with Crippen molar-refractivity contribution >= 4 is 12.0 Å². The van der Waals surface area contributed by atoms with E-state index < -0.39 is 48.1 Å². The quantitative estimate of drug-likeness (QED) is 0.479. The number of hydrogen-bond acceptors (Lipinski definition) is 4. The number of benzene rings is 1. The number of ether oxygens (including phenoxy) is 2. The van der Waals surface area contributed by atoms with Gasteiger partial charge in [-0.3, -0.25) is 0 Å². The lowest BCUT2D eigenvalue weighted by Crippen LogP contribution is -2.32. The lowest BCUT2D eigenvalue weighted by molar-refractivity contribution is -0.182. The first-order valence-electron chi connectivity index (χ1n) is 10.9. The number of aryl methyl sites for hydroxylation is 2. The van der Waals surface area contributed by atoms with Gasteiger partial charge in [-0.1, -0.05) is 48.9 Å². The van der Waals surface area contributed by atoms with Crippen LogP contribution in [0.25, 0.3) is 6.08 Å². The Morgan fingerprint density at radius 2 is 1.82 bits per heavy atom. The molecular formula is C25H33F3O5. The highest BCUT2D eigenvalue weighted by Gasteiger charge is 2.44. The molecule has 0 aromatic heterocycles. The number of carboxylic acids is 1. The van der Waals surface area contributed by atoms with Crippen LogP contribution < -0.4 is 0 Å². The molecule has 8 heteroatoms. The second kappa shape index (κ2) is 10.4. The van der Waals surface area contributed by atoms with Crippen molar-refractivity contribution in [3.05, 3.63) is 52.6 Å². The molecular weight excluding hydrogens is 437 g/mol. The Morgan fingerprint density at radius 1 is 1.18 bits per heavy atom. The van der Waals surface area contributed by atoms with Gasteiger partial charge in [-0.05, 0) is 52.2 Å². The highest BCUT2D eigenvalue weighted by molar-refractivity contribution is 5.94. The third-order valence-corrected chi connectivity index (χ3v) is 5.65. The molecule has 0 saturated carbocycles. The molecule has 2 rings (SSSR count). The fourth-order valence-corrected chi connectivity index (χ4v) is 4.19. The lowest BCUT2D eigenvalue weighted by atomic mass is 9.93. The molecule has 5 atom stereocenters. The van der Waals surface area contributed by atoms with E-state index in [0.717, 1.165) is 18.6 Å². The minimum absolute atomic E-state index is 0.227. The van der Waals surface area contributed by atoms with Crippen LogP contribution in [0, 0.1) is 25.7 Å². The minimum Gasteiger partial charge on any atom is -0.478 e. The number of aliphatic hydroxyl groups excluding tert-OH is 1. The number of carboxylic acid groups (broad SMARTS) is 1. The number of carbonyl (C=O) groups is 1. The lowest BCUT2D eigenvalue weighted by Gasteiger charge is -2.23. The number of aliphatic hydroxyl groups is 1. The molecule has 1 saturated heterocycles. The summed E-state index contributed by atoms with van der Waals surface area (Å²) in [6.45, 7) is 9.96. The Hall–Kier alpha value is -2.16. The van der Waals surface area contributed by atoms with Gasteiger partial charge in [0.2, 0.25) is 0 Å². The Balaban J connectivity index is 2.21. The molecule has 2 N–H and O–H groups in total. The van der Waals surface area contributed by atoms with Crippen LogP contribution in [0.1, 0.15) is 61.2 Å². The summed E-state index contributed by atoms with van der Waals surface area (Å²) in [6.07, 6.45) is -0.769. The van der Waals surface area contributed by atoms with Gasteiger partial charge in [-0.25, -0.2) is 4.79 Å². The highest BCUT2D eigenvalue weighted by atomic mass is 19.4. The van der Waals surface area contributed by atoms with Gasteiger partial charge in [-0.2, -0.15) is 13.2 Å². The van der Waals surface area contributed by atoms with E-state index >= 15 is 0 Å². The monoisotopic (exact) mass is 470 g/mol. The average molecular weight is 471 g/mol. The molecule has 1 aromatic carbocycles. The minimum atomic E-state index is -4.55. The van der Waals surface area contributed by atoms with Gasteiger partial charge in [0.1, 0.15) is 0 Å². The summed E-state index contributed by atoms with van der Waals surface area (Å²) in [5, 5.41) is 19.1. The van der Waals surface area contributed by atoms with E-state index in [1.54, 1.807) is 45.9 Å². The first-order chi connectivity index (χ1) is 15.1. The Bertz CT molecular complexity index is 902. The van der Waals surface area contributed by atoms with E-state index in [1.165, 1.54) is 6.08 Å². The van der Waals surface area contributed by atoms with Crippen molar-refractivity contribution < 1.29 is 37.7 Å². The molecule has 4 unspecified atom stereocenters. The summed E-state index contributed by atoms with van der Waals surface area (Å²) >= 11 is 0. The van der Waals surface area contributed by atoms with E-state index in [0.29, 0.717) is 17.5 Å². The predicted molar refractivity (Wildman–Crippen MR) is 120 cm³/mol. The normalized spacial score (nSPS) is 23.8. The third kappa shape index (κ3) is 7.16. The smallest absolute Gasteiger partial charge is 0.397 e. The SMILES string of the molecule is Cc1cc(C)c(C(=O)O)c(/C=C/C[C@@H]2OC(C)(C)OC2C(C)/C=C\C(C(C)O)C(F)(F)F)c1. The molecule has 5 nitrogen and oxygen atoms in total. The molecule has 33 heavy (non-hydrogen) atoms. The number of hydrogen-bond donors (Lipinski definition) is 2. The summed E-state index contributed by atoms with van der Waals surface area (Å²) < 4.78 is 51.4. The van der Waals surface area contributed by atoms with E-state index in [4.69, 9.17) is 9.47 Å². The molecule has 0 aliphatic carbocycles. The van der Waals surface area contributed by atoms with Crippen LogP contribution in [-0.2, 0) is 9.47 Å². The fourth-order valence-electron chi connectivity index (χ4n) is 4.19. The molecule has 184 valence electrons. The second-order valence-electron chi connectivity index (χ2n) is 9.18. The van der Waals surface area contributed by atoms with E-state index in [-0.39, 0.29) is 5.56 Å². The molecule has 1 fully saturated rings. The average Bonchev–Trinajstić information content (AvgIpc) is 2.94. The summed E-state index contributed by atoms with van der Waals surface area (Å²) in [6, 6.07) is 3.60. The molecule has 1 aromatic rings. The van der Waals surface area contributed by atoms with Crippen molar-refractivity contribution in [3.63, 3.8) is 0 Å². The van der Waals surface area contributed by atoms with Crippen LogP contribution in [0.3, 0.4) is 0 Å². The van der Waals surface area contributed by atoms with Crippen molar-refractivity contribution in [1.29, 1.82) is 0 Å². The first-order valence-corrected chi connectivity index (χ1v) is 10.9. The molecule has 1 heterocycles. The molecule has 1 aliphatic heterocycles. The zero-order chi connectivity index (χ0) is 25.1. The van der Waals surface area contributed by atoms with Gasteiger partial charge in [0, 0.05) is 5.92 Å². The molecule has 0 amide bonds. The Labute approximate surface area is 192 Å². The molecule has 1 aliphatic rings. The Morgan fingerprint density at radius 3 is 2.36 bits per heavy atom. The second-order valence-corrected chi connectivity index (χ2v) is 9.18. The van der Waals surface area contributed by atoms with Crippen LogP contribution in [-0.4, -0.2) is 46.5 Å². The first kappa shape index (κ1) is 27.1. The van der Waals surface area contributed by atoms with Crippen LogP contribution in [0.15, 0.2) is 30.4 Å². The number of halogens is 3. The summed E-state index contributed by atoms with van der Waals surface area (Å²) in [5.74, 6) is -4.30. The van der Waals surface area contributed by atoms with Gasteiger partial charge in [0.25, 0.3) is 0 Å². The standard InChI is InChI=1S/C25H33F3O5/c1-14-12-16(3)21(23(30)31)18(13-14)8-7-9-20-22(33-24(5,6)32-20)15(2)10-11-19(17(4)29)25(26,27)28/h7-8,10-13,15,17,19-20,22,29H,9H2,1-6H3,(H,30,31)/b8-7+,11-10-/t15?,17?,19?,20-,22?/m0/s1. The molecule has 0 spiro atoms. The summed E-state index contributed by atoms with van der Waals surface area (Å²) in [5.41, 5.74) is 2.41. The zero-order valence-corrected chi connectivity index (χ0v) is 19.8. The van der Waals surface area contributed by atoms with Crippen LogP contribution >= 0.6 is 0 Å². The van der Waals surface area contributed by atoms with Crippen molar-refractivity contribution in [2.24, 2.45) is 11.8 Å². The van der Waals surface area contributed by atoms with Gasteiger partial charge in [0.15, 0.2) is 5.79 Å². The van der Waals surface area contributed by atoms with Gasteiger partial charge < -0.3 is 19.7 Å². The van der Waals surface area contributed by atoms with Crippen LogP contribution in [0.5, 0.6) is 0 Å². The van der Waals surface area contributed by atoms with E-state index in [2.05, 4.69) is 0 Å². The third-order valence-electron chi connectivity index (χ3n) is 5.65. The van der Waals surface area contributed by atoms with E-state index in [1.807, 2.05) is 13.0 Å². The summed E-state index contributed by atoms with van der Waals surface area (Å²) in [7, 11) is 0. The van der Waals surface area contributed by atoms with Crippen molar-refractivity contribution in [2.75, 3.05) is 0 Å².